The maximum Gasteiger partial charge on any atom is 0.337 e. The van der Waals surface area contributed by atoms with Gasteiger partial charge in [-0.15, -0.1) is 0 Å². The van der Waals surface area contributed by atoms with Crippen molar-refractivity contribution in [2.45, 2.75) is 110 Å². The molecule has 0 unspecified atom stereocenters. The molecule has 24 heavy (non-hydrogen) atoms. The van der Waals surface area contributed by atoms with Crippen LogP contribution in [-0.2, 0) is 9.53 Å². The van der Waals surface area contributed by atoms with Crippen LogP contribution >= 0.6 is 0 Å². The summed E-state index contributed by atoms with van der Waals surface area (Å²) in [5.74, 6) is -3.14. The van der Waals surface area contributed by atoms with E-state index < -0.39 is 11.9 Å². The number of hydrogen-bond donors (Lipinski definition) is 2. The second-order valence-corrected chi connectivity index (χ2v) is 6.91. The van der Waals surface area contributed by atoms with Crippen molar-refractivity contribution < 1.29 is 19.7 Å². The molecule has 0 saturated heterocycles. The van der Waals surface area contributed by atoms with Crippen LogP contribution in [0.5, 0.6) is 0 Å². The summed E-state index contributed by atoms with van der Waals surface area (Å²) in [6, 6.07) is 0. The highest BCUT2D eigenvalue weighted by Gasteiger charge is 2.27. The lowest BCUT2D eigenvalue weighted by atomic mass is 10.0. The van der Waals surface area contributed by atoms with E-state index in [9.17, 15) is 15.0 Å². The van der Waals surface area contributed by atoms with Crippen molar-refractivity contribution >= 4 is 5.97 Å². The Morgan fingerprint density at radius 2 is 1.21 bits per heavy atom. The minimum atomic E-state index is -2.37. The molecule has 0 radical (unpaired) electrons. The van der Waals surface area contributed by atoms with Gasteiger partial charge < -0.3 is 14.9 Å². The number of carbonyl (C=O) groups is 1. The predicted molar refractivity (Wildman–Crippen MR) is 98.4 cm³/mol. The first-order valence-corrected chi connectivity index (χ1v) is 9.72. The molecule has 4 nitrogen and oxygen atoms in total. The summed E-state index contributed by atoms with van der Waals surface area (Å²) in [5, 5.41) is 19.2. The Morgan fingerprint density at radius 3 is 1.58 bits per heavy atom. The van der Waals surface area contributed by atoms with Crippen molar-refractivity contribution in [3.8, 4) is 0 Å². The van der Waals surface area contributed by atoms with Gasteiger partial charge in [0.25, 0.3) is 0 Å². The fourth-order valence-electron chi connectivity index (χ4n) is 2.66. The second kappa shape index (κ2) is 14.5. The van der Waals surface area contributed by atoms with Crippen LogP contribution in [0.1, 0.15) is 104 Å². The number of rotatable bonds is 16. The summed E-state index contributed by atoms with van der Waals surface area (Å²) in [4.78, 5) is 11.3. The molecule has 2 N–H and O–H groups in total. The zero-order chi connectivity index (χ0) is 18.3. The average molecular weight is 343 g/mol. The van der Waals surface area contributed by atoms with E-state index in [1.54, 1.807) is 0 Å². The van der Waals surface area contributed by atoms with Crippen molar-refractivity contribution in [3.05, 3.63) is 12.2 Å². The van der Waals surface area contributed by atoms with E-state index in [-0.39, 0.29) is 12.0 Å². The minimum Gasteiger partial charge on any atom is -0.405 e. The highest BCUT2D eigenvalue weighted by atomic mass is 16.8. The van der Waals surface area contributed by atoms with E-state index in [0.717, 1.165) is 12.8 Å². The molecule has 0 rings (SSSR count). The lowest BCUT2D eigenvalue weighted by Crippen LogP contribution is -2.34. The van der Waals surface area contributed by atoms with Gasteiger partial charge in [-0.05, 0) is 13.3 Å². The Balaban J connectivity index is 3.38. The maximum absolute atomic E-state index is 11.3. The quantitative estimate of drug-likeness (QED) is 0.174. The fraction of sp³-hybridized carbons (Fsp3) is 0.850. The van der Waals surface area contributed by atoms with Gasteiger partial charge in [-0.25, -0.2) is 4.79 Å². The molecule has 0 aromatic carbocycles. The van der Waals surface area contributed by atoms with Crippen LogP contribution in [0.15, 0.2) is 12.2 Å². The molecular formula is C20H38O4. The highest BCUT2D eigenvalue weighted by Crippen LogP contribution is 2.17. The number of hydrogen-bond acceptors (Lipinski definition) is 4. The highest BCUT2D eigenvalue weighted by molar-refractivity contribution is 5.87. The molecule has 0 aliphatic heterocycles. The molecule has 0 aliphatic carbocycles. The van der Waals surface area contributed by atoms with E-state index in [0.29, 0.717) is 6.42 Å². The Labute approximate surface area is 148 Å². The van der Waals surface area contributed by atoms with Crippen LogP contribution in [0.2, 0.25) is 0 Å². The average Bonchev–Trinajstić information content (AvgIpc) is 2.51. The van der Waals surface area contributed by atoms with Gasteiger partial charge in [0, 0.05) is 12.0 Å². The van der Waals surface area contributed by atoms with Gasteiger partial charge in [0.15, 0.2) is 0 Å². The molecule has 0 bridgehead atoms. The Kier molecular flexibility index (Phi) is 13.9. The van der Waals surface area contributed by atoms with Crippen molar-refractivity contribution in [2.75, 3.05) is 0 Å². The standard InChI is InChI=1S/C20H38O4/c1-4-5-6-7-8-9-10-11-12-13-14-15-16-17-20(22,23)24-19(21)18(2)3/h22-23H,2,4-17H2,1,3H3. The number of ether oxygens (including phenoxy) is 1. The van der Waals surface area contributed by atoms with Crippen LogP contribution < -0.4 is 0 Å². The summed E-state index contributed by atoms with van der Waals surface area (Å²) in [5.41, 5.74) is 0.160. The van der Waals surface area contributed by atoms with Crippen LogP contribution in [-0.4, -0.2) is 22.2 Å². The van der Waals surface area contributed by atoms with E-state index in [1.807, 2.05) is 0 Å². The third-order valence-electron chi connectivity index (χ3n) is 4.21. The minimum absolute atomic E-state index is 0.0454. The first kappa shape index (κ1) is 23.1. The van der Waals surface area contributed by atoms with Gasteiger partial charge in [-0.1, -0.05) is 90.6 Å². The van der Waals surface area contributed by atoms with Gasteiger partial charge in [-0.3, -0.25) is 0 Å². The molecule has 0 spiro atoms. The zero-order valence-electron chi connectivity index (χ0n) is 15.8. The first-order chi connectivity index (χ1) is 11.4. The smallest absolute Gasteiger partial charge is 0.337 e. The Morgan fingerprint density at radius 1 is 0.833 bits per heavy atom. The lowest BCUT2D eigenvalue weighted by molar-refractivity contribution is -0.320. The summed E-state index contributed by atoms with van der Waals surface area (Å²) < 4.78 is 4.58. The molecule has 0 heterocycles. The molecule has 0 saturated carbocycles. The zero-order valence-corrected chi connectivity index (χ0v) is 15.8. The number of esters is 1. The van der Waals surface area contributed by atoms with Gasteiger partial charge in [0.1, 0.15) is 0 Å². The van der Waals surface area contributed by atoms with Crippen LogP contribution in [0.3, 0.4) is 0 Å². The Bertz CT molecular complexity index is 337. The topological polar surface area (TPSA) is 66.8 Å². The fourth-order valence-corrected chi connectivity index (χ4v) is 2.66. The molecule has 142 valence electrons. The maximum atomic E-state index is 11.3. The van der Waals surface area contributed by atoms with Gasteiger partial charge in [0.2, 0.25) is 0 Å². The van der Waals surface area contributed by atoms with Crippen molar-refractivity contribution in [2.24, 2.45) is 0 Å². The van der Waals surface area contributed by atoms with Crippen molar-refractivity contribution in [3.63, 3.8) is 0 Å². The predicted octanol–water partition coefficient (Wildman–Crippen LogP) is 5.23. The van der Waals surface area contributed by atoms with E-state index >= 15 is 0 Å². The summed E-state index contributed by atoms with van der Waals surface area (Å²) in [6.07, 6.45) is 15.9. The molecule has 0 aromatic rings. The summed E-state index contributed by atoms with van der Waals surface area (Å²) in [6.45, 7) is 7.13. The van der Waals surface area contributed by atoms with Crippen molar-refractivity contribution in [1.82, 2.24) is 0 Å². The summed E-state index contributed by atoms with van der Waals surface area (Å²) in [7, 11) is 0. The molecule has 0 aromatic heterocycles. The van der Waals surface area contributed by atoms with Gasteiger partial charge in [-0.2, -0.15) is 0 Å². The van der Waals surface area contributed by atoms with Crippen LogP contribution in [0.4, 0.5) is 0 Å². The van der Waals surface area contributed by atoms with Crippen molar-refractivity contribution in [1.29, 1.82) is 0 Å². The van der Waals surface area contributed by atoms with Crippen LogP contribution in [0, 0.1) is 0 Å². The molecule has 4 heteroatoms. The monoisotopic (exact) mass is 342 g/mol. The van der Waals surface area contributed by atoms with E-state index in [2.05, 4.69) is 18.2 Å². The van der Waals surface area contributed by atoms with Gasteiger partial charge in [0.05, 0.1) is 0 Å². The number of aliphatic hydroxyl groups is 2. The lowest BCUT2D eigenvalue weighted by Gasteiger charge is -2.21. The molecule has 0 amide bonds. The number of unbranched alkanes of at least 4 members (excludes halogenated alkanes) is 12. The SMILES string of the molecule is C=C(C)C(=O)OC(O)(O)CCCCCCCCCCCCCCC. The third kappa shape index (κ3) is 14.7. The van der Waals surface area contributed by atoms with E-state index in [1.165, 1.54) is 71.1 Å². The van der Waals surface area contributed by atoms with Crippen LogP contribution in [0.25, 0.3) is 0 Å². The van der Waals surface area contributed by atoms with Gasteiger partial charge >= 0.3 is 11.9 Å². The summed E-state index contributed by atoms with van der Waals surface area (Å²) >= 11 is 0. The molecule has 0 fully saturated rings. The molecule has 0 atom stereocenters. The first-order valence-electron chi connectivity index (χ1n) is 9.72. The molecule has 0 aliphatic rings. The number of carbonyl (C=O) groups excluding carboxylic acids is 1. The third-order valence-corrected chi connectivity index (χ3v) is 4.21. The van der Waals surface area contributed by atoms with E-state index in [4.69, 9.17) is 0 Å². The molecular weight excluding hydrogens is 304 g/mol. The Hall–Kier alpha value is -0.870. The normalized spacial score (nSPS) is 11.5. The second-order valence-electron chi connectivity index (χ2n) is 6.91. The largest absolute Gasteiger partial charge is 0.405 e.